The topological polar surface area (TPSA) is 46.5 Å². The van der Waals surface area contributed by atoms with Crippen LogP contribution in [0.15, 0.2) is 18.2 Å². The Morgan fingerprint density at radius 1 is 1.50 bits per heavy atom. The molecule has 1 aromatic rings. The highest BCUT2D eigenvalue weighted by Gasteiger charge is 2.50. The zero-order valence-electron chi connectivity index (χ0n) is 9.62. The maximum atomic E-state index is 11.1. The van der Waals surface area contributed by atoms with E-state index in [2.05, 4.69) is 0 Å². The van der Waals surface area contributed by atoms with Crippen LogP contribution in [0.25, 0.3) is 0 Å². The fourth-order valence-electron chi connectivity index (χ4n) is 1.98. The van der Waals surface area contributed by atoms with Gasteiger partial charge in [-0.25, -0.2) is 0 Å². The summed E-state index contributed by atoms with van der Waals surface area (Å²) in [6.07, 6.45) is 2.13. The maximum Gasteiger partial charge on any atom is 0.309 e. The second kappa shape index (κ2) is 3.81. The van der Waals surface area contributed by atoms with Crippen LogP contribution in [-0.2, 0) is 11.2 Å². The van der Waals surface area contributed by atoms with Crippen LogP contribution in [0.2, 0.25) is 0 Å². The van der Waals surface area contributed by atoms with Gasteiger partial charge in [0, 0.05) is 0 Å². The van der Waals surface area contributed by atoms with Crippen molar-refractivity contribution in [2.75, 3.05) is 7.11 Å². The first kappa shape index (κ1) is 11.0. The summed E-state index contributed by atoms with van der Waals surface area (Å²) in [5.41, 5.74) is 1.59. The molecule has 0 spiro atoms. The molecule has 1 aromatic carbocycles. The molecule has 3 heteroatoms. The van der Waals surface area contributed by atoms with Crippen molar-refractivity contribution in [3.63, 3.8) is 0 Å². The molecular formula is C13H16O3. The average Bonchev–Trinajstić information content (AvgIpc) is 3.02. The van der Waals surface area contributed by atoms with Crippen LogP contribution in [0.4, 0.5) is 0 Å². The van der Waals surface area contributed by atoms with Gasteiger partial charge in [0.2, 0.25) is 0 Å². The predicted octanol–water partition coefficient (Wildman–Crippen LogP) is 2.41. The number of hydrogen-bond acceptors (Lipinski definition) is 2. The first-order chi connectivity index (χ1) is 7.57. The summed E-state index contributed by atoms with van der Waals surface area (Å²) in [5.74, 6) is 0.114. The van der Waals surface area contributed by atoms with Crippen molar-refractivity contribution in [2.45, 2.75) is 26.2 Å². The van der Waals surface area contributed by atoms with Crippen LogP contribution >= 0.6 is 0 Å². The van der Waals surface area contributed by atoms with Crippen molar-refractivity contribution in [1.82, 2.24) is 0 Å². The minimum atomic E-state index is -0.685. The lowest BCUT2D eigenvalue weighted by molar-refractivity contribution is -0.143. The Balaban J connectivity index is 2.25. The number of ether oxygens (including phenoxy) is 1. The van der Waals surface area contributed by atoms with Gasteiger partial charge in [0.05, 0.1) is 12.5 Å². The van der Waals surface area contributed by atoms with Crippen LogP contribution in [-0.4, -0.2) is 18.2 Å². The lowest BCUT2D eigenvalue weighted by Crippen LogP contribution is -2.17. The Kier molecular flexibility index (Phi) is 2.62. The first-order valence-corrected chi connectivity index (χ1v) is 5.44. The van der Waals surface area contributed by atoms with E-state index in [1.165, 1.54) is 0 Å². The van der Waals surface area contributed by atoms with E-state index in [4.69, 9.17) is 9.84 Å². The third-order valence-electron chi connectivity index (χ3n) is 3.28. The van der Waals surface area contributed by atoms with Crippen molar-refractivity contribution in [3.8, 4) is 5.75 Å². The quantitative estimate of drug-likeness (QED) is 0.847. The van der Waals surface area contributed by atoms with Gasteiger partial charge in [0.15, 0.2) is 0 Å². The summed E-state index contributed by atoms with van der Waals surface area (Å²) in [6, 6.07) is 5.92. The first-order valence-electron chi connectivity index (χ1n) is 5.44. The minimum absolute atomic E-state index is 0.525. The number of rotatable bonds is 4. The Morgan fingerprint density at radius 3 is 2.69 bits per heavy atom. The number of methoxy groups -OCH3 is 1. The van der Waals surface area contributed by atoms with E-state index in [1.807, 2.05) is 25.1 Å². The molecule has 2 rings (SSSR count). The van der Waals surface area contributed by atoms with Crippen molar-refractivity contribution < 1.29 is 14.6 Å². The molecule has 0 radical (unpaired) electrons. The van der Waals surface area contributed by atoms with E-state index in [-0.39, 0.29) is 0 Å². The van der Waals surface area contributed by atoms with Gasteiger partial charge in [0.1, 0.15) is 5.75 Å². The molecule has 0 aromatic heterocycles. The molecule has 1 N–H and O–H groups in total. The van der Waals surface area contributed by atoms with E-state index in [1.54, 1.807) is 7.11 Å². The predicted molar refractivity (Wildman–Crippen MR) is 60.7 cm³/mol. The third kappa shape index (κ3) is 1.90. The number of aryl methyl sites for hydroxylation is 1. The van der Waals surface area contributed by atoms with Gasteiger partial charge in [-0.15, -0.1) is 0 Å². The molecule has 16 heavy (non-hydrogen) atoms. The van der Waals surface area contributed by atoms with Crippen LogP contribution in [0, 0.1) is 12.3 Å². The molecule has 3 nitrogen and oxygen atoms in total. The largest absolute Gasteiger partial charge is 0.496 e. The molecule has 1 saturated carbocycles. The van der Waals surface area contributed by atoms with E-state index < -0.39 is 11.4 Å². The van der Waals surface area contributed by atoms with E-state index in [0.29, 0.717) is 6.42 Å². The van der Waals surface area contributed by atoms with Gasteiger partial charge in [-0.1, -0.05) is 12.1 Å². The Morgan fingerprint density at radius 2 is 2.19 bits per heavy atom. The van der Waals surface area contributed by atoms with Crippen LogP contribution < -0.4 is 4.74 Å². The smallest absolute Gasteiger partial charge is 0.309 e. The summed E-state index contributed by atoms with van der Waals surface area (Å²) in [7, 11) is 1.62. The number of carboxylic acid groups (broad SMARTS) is 1. The maximum absolute atomic E-state index is 11.1. The van der Waals surface area contributed by atoms with Gasteiger partial charge in [-0.05, 0) is 43.4 Å². The molecule has 0 atom stereocenters. The van der Waals surface area contributed by atoms with E-state index in [0.717, 1.165) is 29.7 Å². The lowest BCUT2D eigenvalue weighted by Gasteiger charge is -2.13. The molecule has 0 amide bonds. The number of benzene rings is 1. The number of carboxylic acids is 1. The van der Waals surface area contributed by atoms with Gasteiger partial charge < -0.3 is 9.84 Å². The van der Waals surface area contributed by atoms with Gasteiger partial charge in [0.25, 0.3) is 0 Å². The van der Waals surface area contributed by atoms with E-state index in [9.17, 15) is 4.79 Å². The van der Waals surface area contributed by atoms with Crippen LogP contribution in [0.5, 0.6) is 5.75 Å². The van der Waals surface area contributed by atoms with Crippen LogP contribution in [0.3, 0.4) is 0 Å². The van der Waals surface area contributed by atoms with E-state index >= 15 is 0 Å². The molecule has 1 aliphatic carbocycles. The normalized spacial score (nSPS) is 16.9. The second-order valence-electron chi connectivity index (χ2n) is 4.58. The standard InChI is InChI=1S/C13H16O3/c1-9-3-4-10(11(7-9)16-2)8-13(5-6-13)12(14)15/h3-4,7H,5-6,8H2,1-2H3,(H,14,15). The minimum Gasteiger partial charge on any atom is -0.496 e. The van der Waals surface area contributed by atoms with Crippen molar-refractivity contribution in [2.24, 2.45) is 5.41 Å². The van der Waals surface area contributed by atoms with Crippen LogP contribution in [0.1, 0.15) is 24.0 Å². The zero-order valence-corrected chi connectivity index (χ0v) is 9.62. The molecule has 86 valence electrons. The van der Waals surface area contributed by atoms with Gasteiger partial charge in [-0.3, -0.25) is 4.79 Å². The molecule has 0 unspecified atom stereocenters. The molecular weight excluding hydrogens is 204 g/mol. The highest BCUT2D eigenvalue weighted by atomic mass is 16.5. The Bertz CT molecular complexity index is 419. The molecule has 0 heterocycles. The number of aliphatic carboxylic acids is 1. The SMILES string of the molecule is COc1cc(C)ccc1CC1(C(=O)O)CC1. The van der Waals surface area contributed by atoms with Gasteiger partial charge in [-0.2, -0.15) is 0 Å². The van der Waals surface area contributed by atoms with Gasteiger partial charge >= 0.3 is 5.97 Å². The van der Waals surface area contributed by atoms with Crippen molar-refractivity contribution in [1.29, 1.82) is 0 Å². The average molecular weight is 220 g/mol. The summed E-state index contributed by atoms with van der Waals surface area (Å²) in [4.78, 5) is 11.1. The highest BCUT2D eigenvalue weighted by Crippen LogP contribution is 2.49. The molecule has 1 fully saturated rings. The lowest BCUT2D eigenvalue weighted by atomic mass is 9.95. The summed E-state index contributed by atoms with van der Waals surface area (Å²) >= 11 is 0. The third-order valence-corrected chi connectivity index (χ3v) is 3.28. The van der Waals surface area contributed by atoms with Crippen molar-refractivity contribution in [3.05, 3.63) is 29.3 Å². The Hall–Kier alpha value is -1.51. The summed E-state index contributed by atoms with van der Waals surface area (Å²) < 4.78 is 5.29. The second-order valence-corrected chi connectivity index (χ2v) is 4.58. The fourth-order valence-corrected chi connectivity index (χ4v) is 1.98. The Labute approximate surface area is 95.0 Å². The number of hydrogen-bond donors (Lipinski definition) is 1. The monoisotopic (exact) mass is 220 g/mol. The van der Waals surface area contributed by atoms with Crippen molar-refractivity contribution >= 4 is 5.97 Å². The zero-order chi connectivity index (χ0) is 11.8. The highest BCUT2D eigenvalue weighted by molar-refractivity contribution is 5.78. The summed E-state index contributed by atoms with van der Waals surface area (Å²) in [5, 5.41) is 9.14. The molecule has 0 saturated heterocycles. The molecule has 0 aliphatic heterocycles. The fraction of sp³-hybridized carbons (Fsp3) is 0.462. The number of carbonyl (C=O) groups is 1. The summed E-state index contributed by atoms with van der Waals surface area (Å²) in [6.45, 7) is 2.00. The molecule has 0 bridgehead atoms. The molecule has 1 aliphatic rings.